The van der Waals surface area contributed by atoms with E-state index in [-0.39, 0.29) is 0 Å². The Morgan fingerprint density at radius 2 is 1.73 bits per heavy atom. The molecule has 0 radical (unpaired) electrons. The van der Waals surface area contributed by atoms with Crippen LogP contribution in [0, 0.1) is 0 Å². The van der Waals surface area contributed by atoms with Gasteiger partial charge in [0.2, 0.25) is 0 Å². The Balaban J connectivity index is 3.10. The van der Waals surface area contributed by atoms with Gasteiger partial charge in [-0.2, -0.15) is 0 Å². The first-order chi connectivity index (χ1) is 5.16. The van der Waals surface area contributed by atoms with Crippen molar-refractivity contribution in [2.45, 2.75) is 46.3 Å². The maximum absolute atomic E-state index is 5.38. The molecule has 11 heavy (non-hydrogen) atoms. The Bertz CT molecular complexity index is 81.6. The summed E-state index contributed by atoms with van der Waals surface area (Å²) in [5.41, 5.74) is 0. The highest BCUT2D eigenvalue weighted by Crippen LogP contribution is 1.98. The first kappa shape index (κ1) is 10.9. The van der Waals surface area contributed by atoms with Crippen molar-refractivity contribution in [1.29, 1.82) is 0 Å². The lowest BCUT2D eigenvalue weighted by molar-refractivity contribution is 0.0205. The third-order valence-corrected chi connectivity index (χ3v) is 1.43. The highest BCUT2D eigenvalue weighted by atomic mass is 16.5. The summed E-state index contributed by atoms with van der Waals surface area (Å²) in [5, 5.41) is 0. The summed E-state index contributed by atoms with van der Waals surface area (Å²) in [6.45, 7) is 9.78. The number of rotatable bonds is 6. The van der Waals surface area contributed by atoms with Crippen molar-refractivity contribution >= 4 is 0 Å². The second-order valence-electron chi connectivity index (χ2n) is 2.97. The molecule has 2 nitrogen and oxygen atoms in total. The lowest BCUT2D eigenvalue weighted by Crippen LogP contribution is -2.13. The average molecular weight is 160 g/mol. The Hall–Kier alpha value is -0.0800. The van der Waals surface area contributed by atoms with Crippen LogP contribution in [0.5, 0.6) is 0 Å². The molecule has 0 aliphatic rings. The summed E-state index contributed by atoms with van der Waals surface area (Å²) in [4.78, 5) is 0. The van der Waals surface area contributed by atoms with Crippen LogP contribution in [0.1, 0.15) is 34.1 Å². The number of hydrogen-bond acceptors (Lipinski definition) is 2. The zero-order chi connectivity index (χ0) is 8.69. The molecule has 1 atom stereocenters. The van der Waals surface area contributed by atoms with Crippen molar-refractivity contribution < 1.29 is 9.47 Å². The highest BCUT2D eigenvalue weighted by molar-refractivity contribution is 4.49. The summed E-state index contributed by atoms with van der Waals surface area (Å²) >= 11 is 0. The number of ether oxygens (including phenoxy) is 2. The van der Waals surface area contributed by atoms with Crippen molar-refractivity contribution in [3.8, 4) is 0 Å². The molecule has 0 spiro atoms. The van der Waals surface area contributed by atoms with Crippen LogP contribution in [-0.4, -0.2) is 25.4 Å². The minimum absolute atomic E-state index is 0.332. The molecule has 0 aromatic carbocycles. The molecular weight excluding hydrogens is 140 g/mol. The first-order valence-electron chi connectivity index (χ1n) is 4.40. The van der Waals surface area contributed by atoms with Gasteiger partial charge < -0.3 is 9.47 Å². The van der Waals surface area contributed by atoms with Gasteiger partial charge in [-0.1, -0.05) is 0 Å². The summed E-state index contributed by atoms with van der Waals surface area (Å²) < 4.78 is 10.7. The lowest BCUT2D eigenvalue weighted by Gasteiger charge is -2.12. The normalized spacial score (nSPS) is 13.9. The van der Waals surface area contributed by atoms with Gasteiger partial charge in [0.15, 0.2) is 0 Å². The Labute approximate surface area is 69.9 Å². The molecule has 0 aliphatic heterocycles. The van der Waals surface area contributed by atoms with Gasteiger partial charge in [0.05, 0.1) is 12.2 Å². The minimum atomic E-state index is 0.332. The molecule has 0 saturated carbocycles. The Kier molecular flexibility index (Phi) is 6.57. The van der Waals surface area contributed by atoms with Crippen molar-refractivity contribution in [2.75, 3.05) is 13.2 Å². The van der Waals surface area contributed by atoms with Crippen LogP contribution in [0.4, 0.5) is 0 Å². The van der Waals surface area contributed by atoms with Crippen molar-refractivity contribution in [1.82, 2.24) is 0 Å². The van der Waals surface area contributed by atoms with Crippen molar-refractivity contribution in [3.05, 3.63) is 0 Å². The molecule has 0 aliphatic carbocycles. The summed E-state index contributed by atoms with van der Waals surface area (Å²) in [6, 6.07) is 0. The first-order valence-corrected chi connectivity index (χ1v) is 4.40. The SMILES string of the molecule is CCOC(C)CCOC(C)C. The van der Waals surface area contributed by atoms with Gasteiger partial charge in [-0.15, -0.1) is 0 Å². The molecule has 0 bridgehead atoms. The van der Waals surface area contributed by atoms with E-state index in [2.05, 4.69) is 6.92 Å². The molecule has 1 unspecified atom stereocenters. The molecule has 0 heterocycles. The zero-order valence-electron chi connectivity index (χ0n) is 8.09. The predicted octanol–water partition coefficient (Wildman–Crippen LogP) is 2.23. The molecule has 68 valence electrons. The molecule has 0 aromatic heterocycles. The zero-order valence-corrected chi connectivity index (χ0v) is 8.09. The second-order valence-corrected chi connectivity index (χ2v) is 2.97. The highest BCUT2D eigenvalue weighted by Gasteiger charge is 2.00. The molecule has 0 fully saturated rings. The molecule has 0 saturated heterocycles. The van der Waals surface area contributed by atoms with Gasteiger partial charge in [0.25, 0.3) is 0 Å². The summed E-state index contributed by atoms with van der Waals surface area (Å²) in [7, 11) is 0. The molecule has 0 amide bonds. The topological polar surface area (TPSA) is 18.5 Å². The van der Waals surface area contributed by atoms with E-state index in [9.17, 15) is 0 Å². The van der Waals surface area contributed by atoms with Gasteiger partial charge >= 0.3 is 0 Å². The molecule has 0 N–H and O–H groups in total. The van der Waals surface area contributed by atoms with E-state index in [0.717, 1.165) is 19.6 Å². The smallest absolute Gasteiger partial charge is 0.0568 e. The Morgan fingerprint density at radius 1 is 1.09 bits per heavy atom. The monoisotopic (exact) mass is 160 g/mol. The maximum Gasteiger partial charge on any atom is 0.0568 e. The van der Waals surface area contributed by atoms with Gasteiger partial charge in [0.1, 0.15) is 0 Å². The average Bonchev–Trinajstić information content (AvgIpc) is 1.87. The fourth-order valence-corrected chi connectivity index (χ4v) is 0.838. The van der Waals surface area contributed by atoms with E-state index in [1.807, 2.05) is 20.8 Å². The number of hydrogen-bond donors (Lipinski definition) is 0. The van der Waals surface area contributed by atoms with E-state index in [0.29, 0.717) is 12.2 Å². The second kappa shape index (κ2) is 6.62. The molecule has 2 heteroatoms. The van der Waals surface area contributed by atoms with Crippen molar-refractivity contribution in [2.24, 2.45) is 0 Å². The predicted molar refractivity (Wildman–Crippen MR) is 46.8 cm³/mol. The van der Waals surface area contributed by atoms with Gasteiger partial charge in [-0.25, -0.2) is 0 Å². The Morgan fingerprint density at radius 3 is 2.18 bits per heavy atom. The van der Waals surface area contributed by atoms with E-state index < -0.39 is 0 Å². The van der Waals surface area contributed by atoms with Crippen molar-refractivity contribution in [3.63, 3.8) is 0 Å². The van der Waals surface area contributed by atoms with Crippen LogP contribution in [0.25, 0.3) is 0 Å². The van der Waals surface area contributed by atoms with Crippen LogP contribution in [0.3, 0.4) is 0 Å². The van der Waals surface area contributed by atoms with E-state index in [1.54, 1.807) is 0 Å². The standard InChI is InChI=1S/C9H20O2/c1-5-10-9(4)6-7-11-8(2)3/h8-9H,5-7H2,1-4H3. The fourth-order valence-electron chi connectivity index (χ4n) is 0.838. The quantitative estimate of drug-likeness (QED) is 0.593. The van der Waals surface area contributed by atoms with E-state index in [4.69, 9.17) is 9.47 Å². The summed E-state index contributed by atoms with van der Waals surface area (Å²) in [6.07, 6.45) is 1.66. The third-order valence-electron chi connectivity index (χ3n) is 1.43. The lowest BCUT2D eigenvalue weighted by atomic mass is 10.3. The third kappa shape index (κ3) is 7.82. The maximum atomic E-state index is 5.38. The molecular formula is C9H20O2. The van der Waals surface area contributed by atoms with Gasteiger partial charge in [-0.3, -0.25) is 0 Å². The van der Waals surface area contributed by atoms with Gasteiger partial charge in [-0.05, 0) is 34.1 Å². The van der Waals surface area contributed by atoms with Gasteiger partial charge in [0, 0.05) is 13.2 Å². The van der Waals surface area contributed by atoms with E-state index in [1.165, 1.54) is 0 Å². The largest absolute Gasteiger partial charge is 0.379 e. The van der Waals surface area contributed by atoms with E-state index >= 15 is 0 Å². The van der Waals surface area contributed by atoms with Crippen LogP contribution in [-0.2, 0) is 9.47 Å². The molecule has 0 rings (SSSR count). The molecule has 0 aromatic rings. The van der Waals surface area contributed by atoms with Crippen LogP contribution in [0.15, 0.2) is 0 Å². The van der Waals surface area contributed by atoms with Crippen LogP contribution < -0.4 is 0 Å². The minimum Gasteiger partial charge on any atom is -0.379 e. The fraction of sp³-hybridized carbons (Fsp3) is 1.00. The summed E-state index contributed by atoms with van der Waals surface area (Å²) in [5.74, 6) is 0. The van der Waals surface area contributed by atoms with Crippen LogP contribution >= 0.6 is 0 Å². The van der Waals surface area contributed by atoms with Crippen LogP contribution in [0.2, 0.25) is 0 Å².